The third-order valence-corrected chi connectivity index (χ3v) is 3.21. The Bertz CT molecular complexity index is 309. The predicted molar refractivity (Wildman–Crippen MR) is 66.0 cm³/mol. The van der Waals surface area contributed by atoms with Crippen molar-refractivity contribution in [3.05, 3.63) is 27.1 Å². The second kappa shape index (κ2) is 5.63. The van der Waals surface area contributed by atoms with Crippen LogP contribution in [0.15, 0.2) is 16.4 Å². The number of halogens is 1. The molecule has 0 aliphatic heterocycles. The lowest BCUT2D eigenvalue weighted by Gasteiger charge is -2.10. The predicted octanol–water partition coefficient (Wildman–Crippen LogP) is 3.26. The van der Waals surface area contributed by atoms with E-state index < -0.39 is 0 Å². The molecule has 0 aromatic carbocycles. The molecular formula is C10H15BrN2S. The molecule has 1 heterocycles. The van der Waals surface area contributed by atoms with Gasteiger partial charge in [0, 0.05) is 22.4 Å². The molecule has 2 nitrogen and oxygen atoms in total. The van der Waals surface area contributed by atoms with Crippen LogP contribution in [0.2, 0.25) is 0 Å². The molecule has 0 unspecified atom stereocenters. The number of thiazole rings is 1. The molecule has 78 valence electrons. The van der Waals surface area contributed by atoms with Crippen molar-refractivity contribution < 1.29 is 0 Å². The number of rotatable bonds is 5. The Labute approximate surface area is 97.6 Å². The summed E-state index contributed by atoms with van der Waals surface area (Å²) in [5, 5.41) is 6.65. The van der Waals surface area contributed by atoms with E-state index in [0.717, 1.165) is 23.1 Å². The number of aromatic nitrogens is 1. The summed E-state index contributed by atoms with van der Waals surface area (Å²) in [5.74, 6) is 0. The van der Waals surface area contributed by atoms with Gasteiger partial charge in [-0.2, -0.15) is 0 Å². The van der Waals surface area contributed by atoms with Crippen LogP contribution in [0, 0.1) is 0 Å². The lowest BCUT2D eigenvalue weighted by atomic mass is 10.2. The maximum absolute atomic E-state index is 4.52. The van der Waals surface area contributed by atoms with E-state index >= 15 is 0 Å². The quantitative estimate of drug-likeness (QED) is 0.892. The molecule has 0 aliphatic carbocycles. The van der Waals surface area contributed by atoms with E-state index in [-0.39, 0.29) is 0 Å². The molecule has 14 heavy (non-hydrogen) atoms. The van der Waals surface area contributed by atoms with Crippen LogP contribution in [0.25, 0.3) is 0 Å². The van der Waals surface area contributed by atoms with Gasteiger partial charge < -0.3 is 5.32 Å². The number of hydrogen-bond acceptors (Lipinski definition) is 3. The second-order valence-electron chi connectivity index (χ2n) is 3.14. The number of nitrogens with one attached hydrogen (secondary N) is 1. The molecule has 1 aromatic rings. The highest BCUT2D eigenvalue weighted by Gasteiger charge is 2.08. The Morgan fingerprint density at radius 2 is 2.50 bits per heavy atom. The number of nitrogens with zero attached hydrogens (tertiary/aromatic N) is 1. The minimum atomic E-state index is 0.292. The van der Waals surface area contributed by atoms with Crippen molar-refractivity contribution in [2.45, 2.75) is 26.3 Å². The van der Waals surface area contributed by atoms with E-state index in [1.165, 1.54) is 5.01 Å². The van der Waals surface area contributed by atoms with Crippen molar-refractivity contribution in [1.82, 2.24) is 10.3 Å². The SMILES string of the molecule is C=C(Br)CN[C@@H](C)c1csc(CC)n1. The van der Waals surface area contributed by atoms with Crippen molar-refractivity contribution in [3.8, 4) is 0 Å². The van der Waals surface area contributed by atoms with Crippen LogP contribution in [-0.2, 0) is 6.42 Å². The fourth-order valence-electron chi connectivity index (χ4n) is 1.05. The van der Waals surface area contributed by atoms with Crippen LogP contribution in [0.1, 0.15) is 30.6 Å². The Morgan fingerprint density at radius 3 is 3.00 bits per heavy atom. The van der Waals surface area contributed by atoms with Crippen molar-refractivity contribution in [3.63, 3.8) is 0 Å². The van der Waals surface area contributed by atoms with Gasteiger partial charge in [-0.25, -0.2) is 4.98 Å². The maximum Gasteiger partial charge on any atom is 0.0926 e. The largest absolute Gasteiger partial charge is 0.304 e. The fourth-order valence-corrected chi connectivity index (χ4v) is 2.06. The van der Waals surface area contributed by atoms with Crippen molar-refractivity contribution >= 4 is 27.3 Å². The standard InChI is InChI=1S/C10H15BrN2S/c1-4-10-13-9(6-14-10)8(3)12-5-7(2)11/h6,8,12H,2,4-5H2,1,3H3/t8-/m0/s1. The van der Waals surface area contributed by atoms with E-state index in [4.69, 9.17) is 0 Å². The van der Waals surface area contributed by atoms with Crippen LogP contribution >= 0.6 is 27.3 Å². The molecule has 0 spiro atoms. The molecule has 1 N–H and O–H groups in total. The first kappa shape index (κ1) is 11.9. The van der Waals surface area contributed by atoms with Gasteiger partial charge in [0.15, 0.2) is 0 Å². The molecule has 1 aromatic heterocycles. The third-order valence-electron chi connectivity index (χ3n) is 1.92. The van der Waals surface area contributed by atoms with Gasteiger partial charge in [0.05, 0.1) is 10.7 Å². The molecule has 1 rings (SSSR count). The van der Waals surface area contributed by atoms with Gasteiger partial charge >= 0.3 is 0 Å². The molecule has 0 saturated heterocycles. The van der Waals surface area contributed by atoms with Gasteiger partial charge in [-0.1, -0.05) is 29.4 Å². The Kier molecular flexibility index (Phi) is 4.78. The van der Waals surface area contributed by atoms with E-state index in [2.05, 4.69) is 52.0 Å². The molecule has 0 bridgehead atoms. The van der Waals surface area contributed by atoms with E-state index in [1.54, 1.807) is 11.3 Å². The summed E-state index contributed by atoms with van der Waals surface area (Å²) in [6.07, 6.45) is 1.02. The van der Waals surface area contributed by atoms with Crippen molar-refractivity contribution in [1.29, 1.82) is 0 Å². The smallest absolute Gasteiger partial charge is 0.0926 e. The second-order valence-corrected chi connectivity index (χ2v) is 5.20. The van der Waals surface area contributed by atoms with Crippen LogP contribution < -0.4 is 5.32 Å². The van der Waals surface area contributed by atoms with Gasteiger partial charge in [0.2, 0.25) is 0 Å². The summed E-state index contributed by atoms with van der Waals surface area (Å²) in [5.41, 5.74) is 1.13. The lowest BCUT2D eigenvalue weighted by Crippen LogP contribution is -2.20. The zero-order valence-electron chi connectivity index (χ0n) is 8.51. The Morgan fingerprint density at radius 1 is 1.79 bits per heavy atom. The van der Waals surface area contributed by atoms with E-state index in [1.807, 2.05) is 0 Å². The molecule has 0 saturated carbocycles. The zero-order valence-corrected chi connectivity index (χ0v) is 10.9. The highest BCUT2D eigenvalue weighted by atomic mass is 79.9. The molecule has 0 amide bonds. The molecule has 0 fully saturated rings. The summed E-state index contributed by atoms with van der Waals surface area (Å²) in [4.78, 5) is 4.52. The lowest BCUT2D eigenvalue weighted by molar-refractivity contribution is 0.601. The normalized spacial score (nSPS) is 12.8. The molecule has 1 atom stereocenters. The topological polar surface area (TPSA) is 24.9 Å². The molecular weight excluding hydrogens is 260 g/mol. The van der Waals surface area contributed by atoms with Crippen LogP contribution in [-0.4, -0.2) is 11.5 Å². The molecule has 0 radical (unpaired) electrons. The first-order valence-electron chi connectivity index (χ1n) is 4.64. The van der Waals surface area contributed by atoms with Crippen LogP contribution in [0.4, 0.5) is 0 Å². The minimum absolute atomic E-state index is 0.292. The average molecular weight is 275 g/mol. The highest BCUT2D eigenvalue weighted by molar-refractivity contribution is 9.11. The number of aryl methyl sites for hydroxylation is 1. The summed E-state index contributed by atoms with van der Waals surface area (Å²) in [6, 6.07) is 0.292. The van der Waals surface area contributed by atoms with Gasteiger partial charge in [-0.15, -0.1) is 11.3 Å². The van der Waals surface area contributed by atoms with Crippen LogP contribution in [0.5, 0.6) is 0 Å². The van der Waals surface area contributed by atoms with Crippen molar-refractivity contribution in [2.24, 2.45) is 0 Å². The maximum atomic E-state index is 4.52. The summed E-state index contributed by atoms with van der Waals surface area (Å²) < 4.78 is 0.968. The monoisotopic (exact) mass is 274 g/mol. The summed E-state index contributed by atoms with van der Waals surface area (Å²) in [6.45, 7) is 8.80. The Balaban J connectivity index is 2.51. The summed E-state index contributed by atoms with van der Waals surface area (Å²) in [7, 11) is 0. The molecule has 4 heteroatoms. The third kappa shape index (κ3) is 3.52. The highest BCUT2D eigenvalue weighted by Crippen LogP contribution is 2.17. The van der Waals surface area contributed by atoms with Gasteiger partial charge in [-0.05, 0) is 13.3 Å². The zero-order chi connectivity index (χ0) is 10.6. The Hall–Kier alpha value is -0.190. The van der Waals surface area contributed by atoms with Crippen LogP contribution in [0.3, 0.4) is 0 Å². The number of hydrogen-bond donors (Lipinski definition) is 1. The van der Waals surface area contributed by atoms with E-state index in [9.17, 15) is 0 Å². The van der Waals surface area contributed by atoms with Crippen molar-refractivity contribution in [2.75, 3.05) is 6.54 Å². The van der Waals surface area contributed by atoms with Gasteiger partial charge in [0.25, 0.3) is 0 Å². The summed E-state index contributed by atoms with van der Waals surface area (Å²) >= 11 is 5.05. The minimum Gasteiger partial charge on any atom is -0.304 e. The van der Waals surface area contributed by atoms with E-state index in [0.29, 0.717) is 6.04 Å². The van der Waals surface area contributed by atoms with Gasteiger partial charge in [-0.3, -0.25) is 0 Å². The first-order valence-corrected chi connectivity index (χ1v) is 6.31. The molecule has 0 aliphatic rings. The fraction of sp³-hybridized carbons (Fsp3) is 0.500. The average Bonchev–Trinajstić information content (AvgIpc) is 2.62. The van der Waals surface area contributed by atoms with Gasteiger partial charge in [0.1, 0.15) is 0 Å². The first-order chi connectivity index (χ1) is 6.63.